The Morgan fingerprint density at radius 1 is 1.26 bits per heavy atom. The van der Waals surface area contributed by atoms with Crippen LogP contribution in [0.5, 0.6) is 0 Å². The highest BCUT2D eigenvalue weighted by atomic mass is 16.5. The van der Waals surface area contributed by atoms with Crippen molar-refractivity contribution in [3.05, 3.63) is 59.2 Å². The summed E-state index contributed by atoms with van der Waals surface area (Å²) in [5.41, 5.74) is 3.31. The van der Waals surface area contributed by atoms with E-state index in [0.29, 0.717) is 31.9 Å². The van der Waals surface area contributed by atoms with Crippen LogP contribution in [0.1, 0.15) is 40.2 Å². The van der Waals surface area contributed by atoms with E-state index < -0.39 is 0 Å². The maximum atomic E-state index is 12.8. The number of hydrogen-bond donors (Lipinski definition) is 0. The van der Waals surface area contributed by atoms with Crippen molar-refractivity contribution in [3.8, 4) is 0 Å². The number of carbonyl (C=O) groups excluding carboxylic acids is 1. The molecule has 2 fully saturated rings. The molecule has 4 rings (SSSR count). The maximum absolute atomic E-state index is 12.8. The molecule has 1 unspecified atom stereocenters. The highest BCUT2D eigenvalue weighted by molar-refractivity contribution is 5.95. The molecule has 1 atom stereocenters. The van der Waals surface area contributed by atoms with E-state index in [1.54, 1.807) is 12.4 Å². The van der Waals surface area contributed by atoms with Gasteiger partial charge in [-0.3, -0.25) is 14.8 Å². The minimum Gasteiger partial charge on any atom is -0.373 e. The van der Waals surface area contributed by atoms with Gasteiger partial charge in [-0.05, 0) is 50.1 Å². The van der Waals surface area contributed by atoms with Gasteiger partial charge in [-0.1, -0.05) is 0 Å². The third kappa shape index (κ3) is 4.01. The molecule has 0 N–H and O–H groups in total. The molecule has 0 aromatic carbocycles. The molecule has 0 aliphatic carbocycles. The molecule has 0 radical (unpaired) electrons. The van der Waals surface area contributed by atoms with Crippen LogP contribution in [0.3, 0.4) is 0 Å². The lowest BCUT2D eigenvalue weighted by atomic mass is 9.84. The number of ether oxygens (including phenoxy) is 2. The zero-order valence-electron chi connectivity index (χ0n) is 15.9. The highest BCUT2D eigenvalue weighted by Gasteiger charge is 2.49. The second-order valence-electron chi connectivity index (χ2n) is 7.61. The van der Waals surface area contributed by atoms with Gasteiger partial charge < -0.3 is 14.4 Å². The zero-order valence-corrected chi connectivity index (χ0v) is 15.9. The van der Waals surface area contributed by atoms with Crippen LogP contribution in [-0.2, 0) is 16.1 Å². The number of hydrogen-bond acceptors (Lipinski definition) is 5. The Labute approximate surface area is 159 Å². The maximum Gasteiger partial charge on any atom is 0.254 e. The summed E-state index contributed by atoms with van der Waals surface area (Å²) in [6.07, 6.45) is 5.44. The summed E-state index contributed by atoms with van der Waals surface area (Å²) in [6, 6.07) is 7.64. The molecule has 2 aromatic rings. The van der Waals surface area contributed by atoms with Crippen LogP contribution in [0.4, 0.5) is 0 Å². The van der Waals surface area contributed by atoms with E-state index >= 15 is 0 Å². The smallest absolute Gasteiger partial charge is 0.254 e. The van der Waals surface area contributed by atoms with E-state index in [-0.39, 0.29) is 17.6 Å². The first-order valence-corrected chi connectivity index (χ1v) is 9.42. The summed E-state index contributed by atoms with van der Waals surface area (Å²) in [5, 5.41) is 0. The summed E-state index contributed by atoms with van der Waals surface area (Å²) in [6.45, 7) is 6.34. The molecule has 6 nitrogen and oxygen atoms in total. The molecule has 1 spiro atoms. The molecule has 2 aliphatic rings. The fourth-order valence-corrected chi connectivity index (χ4v) is 3.97. The van der Waals surface area contributed by atoms with Gasteiger partial charge in [-0.15, -0.1) is 0 Å². The minimum atomic E-state index is -0.256. The summed E-state index contributed by atoms with van der Waals surface area (Å²) >= 11 is 0. The molecule has 0 bridgehead atoms. The third-order valence-electron chi connectivity index (χ3n) is 5.26. The Hall–Kier alpha value is -2.31. The summed E-state index contributed by atoms with van der Waals surface area (Å²) in [7, 11) is 0. The topological polar surface area (TPSA) is 64.6 Å². The van der Waals surface area contributed by atoms with Crippen molar-refractivity contribution >= 4 is 5.91 Å². The van der Waals surface area contributed by atoms with E-state index in [9.17, 15) is 4.79 Å². The fourth-order valence-electron chi connectivity index (χ4n) is 3.97. The van der Waals surface area contributed by atoms with Crippen molar-refractivity contribution in [2.75, 3.05) is 19.7 Å². The summed E-state index contributed by atoms with van der Waals surface area (Å²) in [5.74, 6) is 0.0534. The number of aryl methyl sites for hydroxylation is 2. The van der Waals surface area contributed by atoms with Crippen LogP contribution >= 0.6 is 0 Å². The molecule has 2 saturated heterocycles. The average molecular weight is 367 g/mol. The second-order valence-corrected chi connectivity index (χ2v) is 7.61. The van der Waals surface area contributed by atoms with Crippen LogP contribution in [-0.4, -0.2) is 52.2 Å². The van der Waals surface area contributed by atoms with E-state index in [1.165, 1.54) is 0 Å². The standard InChI is InChI=1S/C21H25N3O3/c1-15-9-18(10-16(2)23-15)20(25)24-13-21(14-24)11-19(5-8-27-21)26-12-17-3-6-22-7-4-17/h3-4,6-7,9-10,19H,5,8,11-14H2,1-2H3. The van der Waals surface area contributed by atoms with Gasteiger partial charge in [0, 0.05) is 42.4 Å². The number of amides is 1. The van der Waals surface area contributed by atoms with Gasteiger partial charge in [0.15, 0.2) is 0 Å². The largest absolute Gasteiger partial charge is 0.373 e. The average Bonchev–Trinajstić information content (AvgIpc) is 2.64. The quantitative estimate of drug-likeness (QED) is 0.831. The molecule has 6 heteroatoms. The van der Waals surface area contributed by atoms with Crippen LogP contribution < -0.4 is 0 Å². The number of carbonyl (C=O) groups is 1. The van der Waals surface area contributed by atoms with E-state index in [2.05, 4.69) is 9.97 Å². The Bertz CT molecular complexity index is 798. The van der Waals surface area contributed by atoms with Gasteiger partial charge in [0.05, 0.1) is 25.8 Å². The van der Waals surface area contributed by atoms with Crippen LogP contribution in [0.25, 0.3) is 0 Å². The molecule has 142 valence electrons. The predicted molar refractivity (Wildman–Crippen MR) is 100 cm³/mol. The van der Waals surface area contributed by atoms with Gasteiger partial charge in [0.25, 0.3) is 5.91 Å². The Balaban J connectivity index is 1.33. The first-order valence-electron chi connectivity index (χ1n) is 9.42. The van der Waals surface area contributed by atoms with E-state index in [1.807, 2.05) is 43.0 Å². The van der Waals surface area contributed by atoms with E-state index in [4.69, 9.17) is 9.47 Å². The molecule has 4 heterocycles. The van der Waals surface area contributed by atoms with Crippen LogP contribution in [0.2, 0.25) is 0 Å². The van der Waals surface area contributed by atoms with E-state index in [0.717, 1.165) is 29.8 Å². The van der Waals surface area contributed by atoms with Gasteiger partial charge >= 0.3 is 0 Å². The summed E-state index contributed by atoms with van der Waals surface area (Å²) in [4.78, 5) is 23.0. The summed E-state index contributed by atoms with van der Waals surface area (Å²) < 4.78 is 12.1. The molecule has 0 saturated carbocycles. The molecular weight excluding hydrogens is 342 g/mol. The monoisotopic (exact) mass is 367 g/mol. The van der Waals surface area contributed by atoms with Gasteiger partial charge in [-0.25, -0.2) is 0 Å². The first-order chi connectivity index (χ1) is 13.0. The van der Waals surface area contributed by atoms with Gasteiger partial charge in [-0.2, -0.15) is 0 Å². The minimum absolute atomic E-state index is 0.0534. The normalized spacial score (nSPS) is 21.1. The number of pyridine rings is 2. The van der Waals surface area contributed by atoms with Gasteiger partial charge in [0.2, 0.25) is 0 Å². The molecular formula is C21H25N3O3. The number of likely N-dealkylation sites (tertiary alicyclic amines) is 1. The third-order valence-corrected chi connectivity index (χ3v) is 5.26. The second kappa shape index (κ2) is 7.37. The van der Waals surface area contributed by atoms with Crippen molar-refractivity contribution < 1.29 is 14.3 Å². The lowest BCUT2D eigenvalue weighted by Crippen LogP contribution is -2.67. The Morgan fingerprint density at radius 2 is 1.96 bits per heavy atom. The molecule has 2 aliphatic heterocycles. The SMILES string of the molecule is Cc1cc(C(=O)N2CC3(CC(OCc4ccncc4)CCO3)C2)cc(C)n1. The van der Waals surface area contributed by atoms with Crippen molar-refractivity contribution in [3.63, 3.8) is 0 Å². The predicted octanol–water partition coefficient (Wildman–Crippen LogP) is 2.68. The van der Waals surface area contributed by atoms with Crippen LogP contribution in [0, 0.1) is 13.8 Å². The Morgan fingerprint density at radius 3 is 2.67 bits per heavy atom. The number of aromatic nitrogens is 2. The number of nitrogens with zero attached hydrogens (tertiary/aromatic N) is 3. The van der Waals surface area contributed by atoms with Gasteiger partial charge in [0.1, 0.15) is 5.60 Å². The Kier molecular flexibility index (Phi) is 4.93. The van der Waals surface area contributed by atoms with Crippen molar-refractivity contribution in [2.24, 2.45) is 0 Å². The molecule has 1 amide bonds. The first kappa shape index (κ1) is 18.1. The van der Waals surface area contributed by atoms with Crippen molar-refractivity contribution in [1.82, 2.24) is 14.9 Å². The number of rotatable bonds is 4. The van der Waals surface area contributed by atoms with Crippen molar-refractivity contribution in [1.29, 1.82) is 0 Å². The zero-order chi connectivity index (χ0) is 18.9. The lowest BCUT2D eigenvalue weighted by molar-refractivity contribution is -0.188. The molecule has 27 heavy (non-hydrogen) atoms. The molecule has 2 aromatic heterocycles. The van der Waals surface area contributed by atoms with Crippen LogP contribution in [0.15, 0.2) is 36.7 Å². The lowest BCUT2D eigenvalue weighted by Gasteiger charge is -2.53. The highest BCUT2D eigenvalue weighted by Crippen LogP contribution is 2.36. The van der Waals surface area contributed by atoms with Crippen molar-refractivity contribution in [2.45, 2.75) is 45.0 Å². The fraction of sp³-hybridized carbons (Fsp3) is 0.476.